The maximum Gasteiger partial charge on any atom is 0.136 e. The van der Waals surface area contributed by atoms with E-state index in [1.165, 1.54) is 96.3 Å². The third-order valence-electron chi connectivity index (χ3n) is 6.70. The lowest BCUT2D eigenvalue weighted by atomic mass is 9.77. The molecule has 0 aromatic rings. The molecule has 0 amide bonds. The minimum absolute atomic E-state index is 0.379. The Morgan fingerprint density at radius 2 is 1.19 bits per heavy atom. The second-order valence-corrected chi connectivity index (χ2v) is 9.12. The number of hydrogen-bond donors (Lipinski definition) is 1. The smallest absolute Gasteiger partial charge is 0.136 e. The Kier molecular flexibility index (Phi) is 11.6. The molecule has 0 radical (unpaired) electrons. The number of piperidine rings is 2. The van der Waals surface area contributed by atoms with Gasteiger partial charge in [-0.15, -0.1) is 0 Å². The van der Waals surface area contributed by atoms with Crippen molar-refractivity contribution in [1.82, 2.24) is 5.32 Å². The molecule has 2 aliphatic heterocycles. The highest BCUT2D eigenvalue weighted by atomic mass is 16.1. The molecule has 2 nitrogen and oxygen atoms in total. The first kappa shape index (κ1) is 21.9. The van der Waals surface area contributed by atoms with Crippen molar-refractivity contribution >= 4 is 5.78 Å². The van der Waals surface area contributed by atoms with Crippen molar-refractivity contribution in [3.05, 3.63) is 0 Å². The zero-order valence-electron chi connectivity index (χ0n) is 17.6. The van der Waals surface area contributed by atoms with Crippen LogP contribution in [-0.4, -0.2) is 17.9 Å². The summed E-state index contributed by atoms with van der Waals surface area (Å²) in [7, 11) is 0. The van der Waals surface area contributed by atoms with E-state index in [0.29, 0.717) is 23.8 Å². The van der Waals surface area contributed by atoms with Crippen molar-refractivity contribution in [2.75, 3.05) is 0 Å². The molecule has 2 saturated heterocycles. The molecule has 0 aromatic heterocycles. The molecule has 2 heteroatoms. The molecule has 0 spiro atoms. The highest BCUT2D eigenvalue weighted by Gasteiger charge is 2.33. The first-order valence-electron chi connectivity index (χ1n) is 12.1. The number of fused-ring (bicyclic) bond motifs is 2. The van der Waals surface area contributed by atoms with E-state index in [9.17, 15) is 4.79 Å². The number of rotatable bonds is 15. The average molecular weight is 364 g/mol. The zero-order valence-corrected chi connectivity index (χ0v) is 17.6. The summed E-state index contributed by atoms with van der Waals surface area (Å²) < 4.78 is 0. The normalized spacial score (nSPS) is 25.3. The van der Waals surface area contributed by atoms with E-state index in [4.69, 9.17) is 0 Å². The highest BCUT2D eigenvalue weighted by molar-refractivity contribution is 5.81. The molecule has 26 heavy (non-hydrogen) atoms. The third kappa shape index (κ3) is 9.02. The van der Waals surface area contributed by atoms with Crippen LogP contribution in [0.25, 0.3) is 0 Å². The monoisotopic (exact) mass is 363 g/mol. The molecule has 152 valence electrons. The Morgan fingerprint density at radius 3 is 1.69 bits per heavy atom. The van der Waals surface area contributed by atoms with Crippen LogP contribution in [0.15, 0.2) is 0 Å². The number of nitrogens with one attached hydrogen (secondary N) is 1. The quantitative estimate of drug-likeness (QED) is 0.319. The van der Waals surface area contributed by atoms with Gasteiger partial charge in [0.15, 0.2) is 0 Å². The highest BCUT2D eigenvalue weighted by Crippen LogP contribution is 2.31. The van der Waals surface area contributed by atoms with Gasteiger partial charge in [0.25, 0.3) is 0 Å². The van der Waals surface area contributed by atoms with Crippen LogP contribution in [0.1, 0.15) is 129 Å². The predicted octanol–water partition coefficient (Wildman–Crippen LogP) is 6.96. The fourth-order valence-electron chi connectivity index (χ4n) is 5.05. The molecule has 2 aliphatic rings. The molecule has 2 rings (SSSR count). The minimum atomic E-state index is 0.379. The van der Waals surface area contributed by atoms with E-state index < -0.39 is 0 Å². The van der Waals surface area contributed by atoms with Crippen LogP contribution in [0.2, 0.25) is 0 Å². The lowest BCUT2D eigenvalue weighted by Gasteiger charge is -2.39. The summed E-state index contributed by atoms with van der Waals surface area (Å²) in [4.78, 5) is 12.5. The van der Waals surface area contributed by atoms with E-state index in [1.807, 2.05) is 0 Å². The van der Waals surface area contributed by atoms with Gasteiger partial charge in [-0.3, -0.25) is 4.79 Å². The van der Waals surface area contributed by atoms with Gasteiger partial charge in [0, 0.05) is 24.4 Å². The molecule has 0 saturated carbocycles. The van der Waals surface area contributed by atoms with Gasteiger partial charge in [0.2, 0.25) is 0 Å². The number of carbonyl (C=O) groups excluding carboxylic acids is 1. The maximum atomic E-state index is 12.5. The largest absolute Gasteiger partial charge is 0.311 e. The van der Waals surface area contributed by atoms with Crippen molar-refractivity contribution in [2.24, 2.45) is 5.92 Å². The maximum absolute atomic E-state index is 12.5. The van der Waals surface area contributed by atoms with E-state index in [2.05, 4.69) is 12.2 Å². The van der Waals surface area contributed by atoms with E-state index in [0.717, 1.165) is 25.7 Å². The standard InChI is InChI=1S/C24H45NO/c1-2-3-4-5-6-7-8-9-10-11-12-13-14-18-24(26)21-19-22-16-15-17-23(20-21)25-22/h21-23,25H,2-20H2,1H3. The topological polar surface area (TPSA) is 29.1 Å². The summed E-state index contributed by atoms with van der Waals surface area (Å²) in [5, 5.41) is 3.70. The Hall–Kier alpha value is -0.370. The second kappa shape index (κ2) is 13.7. The van der Waals surface area contributed by atoms with Crippen molar-refractivity contribution < 1.29 is 4.79 Å². The number of Topliss-reactive ketones (excluding diaryl/α,β-unsaturated/α-hetero) is 1. The van der Waals surface area contributed by atoms with Crippen molar-refractivity contribution in [3.8, 4) is 0 Å². The SMILES string of the molecule is CCCCCCCCCCCCCCCC(=O)C1CC2CCCC(C1)N2. The molecule has 2 unspecified atom stereocenters. The third-order valence-corrected chi connectivity index (χ3v) is 6.70. The van der Waals surface area contributed by atoms with Crippen molar-refractivity contribution in [3.63, 3.8) is 0 Å². The Morgan fingerprint density at radius 1 is 0.731 bits per heavy atom. The summed E-state index contributed by atoms with van der Waals surface area (Å²) in [5.74, 6) is 0.954. The van der Waals surface area contributed by atoms with Gasteiger partial charge in [-0.05, 0) is 32.1 Å². The average Bonchev–Trinajstić information content (AvgIpc) is 2.65. The summed E-state index contributed by atoms with van der Waals surface area (Å²) in [6, 6.07) is 1.28. The van der Waals surface area contributed by atoms with Gasteiger partial charge in [0.05, 0.1) is 0 Å². The lowest BCUT2D eigenvalue weighted by Crippen LogP contribution is -2.50. The van der Waals surface area contributed by atoms with Crippen LogP contribution in [0.3, 0.4) is 0 Å². The number of ketones is 1. The summed E-state index contributed by atoms with van der Waals surface area (Å²) >= 11 is 0. The van der Waals surface area contributed by atoms with Gasteiger partial charge in [-0.2, -0.15) is 0 Å². The molecular formula is C24H45NO. The summed E-state index contributed by atoms with van der Waals surface area (Å²) in [6.45, 7) is 2.29. The lowest BCUT2D eigenvalue weighted by molar-refractivity contribution is -0.124. The van der Waals surface area contributed by atoms with E-state index >= 15 is 0 Å². The van der Waals surface area contributed by atoms with Crippen LogP contribution < -0.4 is 5.32 Å². The molecule has 2 atom stereocenters. The van der Waals surface area contributed by atoms with Gasteiger partial charge < -0.3 is 5.32 Å². The summed E-state index contributed by atoms with van der Waals surface area (Å²) in [6.07, 6.45) is 24.9. The van der Waals surface area contributed by atoms with E-state index in [-0.39, 0.29) is 0 Å². The Balaban J connectivity index is 1.36. The van der Waals surface area contributed by atoms with Crippen molar-refractivity contribution in [2.45, 2.75) is 141 Å². The Bertz CT molecular complexity index is 355. The van der Waals surface area contributed by atoms with Crippen LogP contribution in [0.5, 0.6) is 0 Å². The zero-order chi connectivity index (χ0) is 18.5. The Labute approximate surface area is 163 Å². The van der Waals surface area contributed by atoms with Gasteiger partial charge >= 0.3 is 0 Å². The van der Waals surface area contributed by atoms with Crippen LogP contribution >= 0.6 is 0 Å². The second-order valence-electron chi connectivity index (χ2n) is 9.12. The fraction of sp³-hybridized carbons (Fsp3) is 0.958. The molecule has 2 fully saturated rings. The number of unbranched alkanes of at least 4 members (excludes halogenated alkanes) is 12. The first-order valence-corrected chi connectivity index (χ1v) is 12.1. The number of hydrogen-bond acceptors (Lipinski definition) is 2. The molecule has 0 aromatic carbocycles. The van der Waals surface area contributed by atoms with Crippen LogP contribution in [-0.2, 0) is 4.79 Å². The predicted molar refractivity (Wildman–Crippen MR) is 113 cm³/mol. The first-order chi connectivity index (χ1) is 12.8. The number of carbonyl (C=O) groups is 1. The fourth-order valence-corrected chi connectivity index (χ4v) is 5.05. The minimum Gasteiger partial charge on any atom is -0.311 e. The molecule has 1 N–H and O–H groups in total. The van der Waals surface area contributed by atoms with E-state index in [1.54, 1.807) is 0 Å². The van der Waals surface area contributed by atoms with Crippen molar-refractivity contribution in [1.29, 1.82) is 0 Å². The van der Waals surface area contributed by atoms with Crippen LogP contribution in [0.4, 0.5) is 0 Å². The van der Waals surface area contributed by atoms with Gasteiger partial charge in [-0.25, -0.2) is 0 Å². The van der Waals surface area contributed by atoms with Gasteiger partial charge in [0.1, 0.15) is 5.78 Å². The van der Waals surface area contributed by atoms with Gasteiger partial charge in [-0.1, -0.05) is 90.4 Å². The molecule has 2 heterocycles. The molecule has 0 aliphatic carbocycles. The summed E-state index contributed by atoms with van der Waals surface area (Å²) in [5.41, 5.74) is 0. The van der Waals surface area contributed by atoms with Crippen LogP contribution in [0, 0.1) is 5.92 Å². The molecule has 2 bridgehead atoms. The molecular weight excluding hydrogens is 318 g/mol.